The van der Waals surface area contributed by atoms with E-state index in [9.17, 15) is 9.59 Å². The predicted octanol–water partition coefficient (Wildman–Crippen LogP) is 0.485. The SMILES string of the molecule is COC(C)(C)C(=O)N1CCN([C@H]2CCCN(c3cnn(C)c3)C2=O)CC1. The number of amides is 2. The van der Waals surface area contributed by atoms with Crippen molar-refractivity contribution in [3.8, 4) is 0 Å². The Morgan fingerprint density at radius 2 is 1.92 bits per heavy atom. The van der Waals surface area contributed by atoms with E-state index in [-0.39, 0.29) is 17.9 Å². The van der Waals surface area contributed by atoms with Crippen LogP contribution in [0.5, 0.6) is 0 Å². The number of ether oxygens (including phenoxy) is 1. The fraction of sp³-hybridized carbons (Fsp3) is 0.722. The molecular formula is C18H29N5O3. The molecule has 0 unspecified atom stereocenters. The van der Waals surface area contributed by atoms with Crippen LogP contribution in [-0.4, -0.2) is 82.9 Å². The van der Waals surface area contributed by atoms with E-state index in [1.54, 1.807) is 31.8 Å². The lowest BCUT2D eigenvalue weighted by atomic mass is 10.0. The first-order chi connectivity index (χ1) is 12.3. The first kappa shape index (κ1) is 18.8. The number of anilines is 1. The predicted molar refractivity (Wildman–Crippen MR) is 97.8 cm³/mol. The van der Waals surface area contributed by atoms with Crippen LogP contribution >= 0.6 is 0 Å². The molecule has 0 aromatic carbocycles. The fourth-order valence-electron chi connectivity index (χ4n) is 3.70. The Labute approximate surface area is 154 Å². The van der Waals surface area contributed by atoms with Crippen LogP contribution in [0.1, 0.15) is 26.7 Å². The highest BCUT2D eigenvalue weighted by atomic mass is 16.5. The molecular weight excluding hydrogens is 334 g/mol. The number of carbonyl (C=O) groups excluding carboxylic acids is 2. The van der Waals surface area contributed by atoms with Crippen LogP contribution in [0.3, 0.4) is 0 Å². The van der Waals surface area contributed by atoms with E-state index in [4.69, 9.17) is 4.74 Å². The quantitative estimate of drug-likeness (QED) is 0.778. The lowest BCUT2D eigenvalue weighted by molar-refractivity contribution is -0.153. The third kappa shape index (κ3) is 3.61. The van der Waals surface area contributed by atoms with E-state index in [2.05, 4.69) is 10.00 Å². The second-order valence-corrected chi connectivity index (χ2v) is 7.56. The van der Waals surface area contributed by atoms with Crippen LogP contribution in [0, 0.1) is 0 Å². The van der Waals surface area contributed by atoms with Gasteiger partial charge in [-0.2, -0.15) is 5.10 Å². The number of piperidine rings is 1. The molecule has 144 valence electrons. The number of hydrogen-bond acceptors (Lipinski definition) is 5. The van der Waals surface area contributed by atoms with Gasteiger partial charge in [-0.1, -0.05) is 0 Å². The molecule has 3 rings (SSSR count). The Morgan fingerprint density at radius 3 is 2.50 bits per heavy atom. The fourth-order valence-corrected chi connectivity index (χ4v) is 3.70. The summed E-state index contributed by atoms with van der Waals surface area (Å²) in [6, 6.07) is -0.114. The van der Waals surface area contributed by atoms with Crippen LogP contribution in [0.2, 0.25) is 0 Å². The second kappa shape index (κ2) is 7.36. The van der Waals surface area contributed by atoms with Crippen molar-refractivity contribution in [2.45, 2.75) is 38.3 Å². The molecule has 1 aromatic rings. The number of carbonyl (C=O) groups is 2. The van der Waals surface area contributed by atoms with Crippen molar-refractivity contribution in [3.63, 3.8) is 0 Å². The summed E-state index contributed by atoms with van der Waals surface area (Å²) < 4.78 is 7.02. The minimum absolute atomic E-state index is 0.00612. The van der Waals surface area contributed by atoms with Crippen molar-refractivity contribution >= 4 is 17.5 Å². The summed E-state index contributed by atoms with van der Waals surface area (Å²) in [5.74, 6) is 0.146. The van der Waals surface area contributed by atoms with Gasteiger partial charge in [0.15, 0.2) is 0 Å². The molecule has 26 heavy (non-hydrogen) atoms. The lowest BCUT2D eigenvalue weighted by Crippen LogP contribution is -2.60. The smallest absolute Gasteiger partial charge is 0.254 e. The van der Waals surface area contributed by atoms with Crippen LogP contribution < -0.4 is 4.90 Å². The van der Waals surface area contributed by atoms with Gasteiger partial charge in [-0.25, -0.2) is 0 Å². The molecule has 2 amide bonds. The summed E-state index contributed by atoms with van der Waals surface area (Å²) in [6.07, 6.45) is 5.46. The van der Waals surface area contributed by atoms with Crippen molar-refractivity contribution in [3.05, 3.63) is 12.4 Å². The van der Waals surface area contributed by atoms with Gasteiger partial charge in [-0.15, -0.1) is 0 Å². The van der Waals surface area contributed by atoms with Gasteiger partial charge >= 0.3 is 0 Å². The van der Waals surface area contributed by atoms with E-state index < -0.39 is 5.60 Å². The van der Waals surface area contributed by atoms with E-state index in [1.807, 2.05) is 23.0 Å². The Balaban J connectivity index is 1.62. The monoisotopic (exact) mass is 363 g/mol. The zero-order chi connectivity index (χ0) is 18.9. The highest BCUT2D eigenvalue weighted by Gasteiger charge is 2.38. The number of rotatable bonds is 4. The highest BCUT2D eigenvalue weighted by Crippen LogP contribution is 2.24. The lowest BCUT2D eigenvalue weighted by Gasteiger charge is -2.43. The molecule has 0 radical (unpaired) electrons. The van der Waals surface area contributed by atoms with Gasteiger partial charge in [-0.05, 0) is 26.7 Å². The molecule has 1 aromatic heterocycles. The molecule has 2 saturated heterocycles. The van der Waals surface area contributed by atoms with Gasteiger partial charge in [0.25, 0.3) is 5.91 Å². The van der Waals surface area contributed by atoms with Gasteiger partial charge in [0, 0.05) is 53.1 Å². The molecule has 3 heterocycles. The molecule has 1 atom stereocenters. The number of piperazine rings is 1. The van der Waals surface area contributed by atoms with Gasteiger partial charge in [-0.3, -0.25) is 19.2 Å². The number of aromatic nitrogens is 2. The number of aryl methyl sites for hydroxylation is 1. The minimum Gasteiger partial charge on any atom is -0.369 e. The molecule has 2 fully saturated rings. The molecule has 8 nitrogen and oxygen atoms in total. The molecule has 0 spiro atoms. The zero-order valence-electron chi connectivity index (χ0n) is 16.1. The molecule has 0 bridgehead atoms. The number of methoxy groups -OCH3 is 1. The summed E-state index contributed by atoms with van der Waals surface area (Å²) in [6.45, 7) is 6.99. The Bertz CT molecular complexity index is 664. The molecule has 0 aliphatic carbocycles. The first-order valence-corrected chi connectivity index (χ1v) is 9.22. The molecule has 0 N–H and O–H groups in total. The summed E-state index contributed by atoms with van der Waals surface area (Å²) in [7, 11) is 3.41. The van der Waals surface area contributed by atoms with Crippen LogP contribution in [-0.2, 0) is 21.4 Å². The summed E-state index contributed by atoms with van der Waals surface area (Å²) >= 11 is 0. The van der Waals surface area contributed by atoms with E-state index in [0.29, 0.717) is 26.2 Å². The Morgan fingerprint density at radius 1 is 1.23 bits per heavy atom. The average molecular weight is 363 g/mol. The average Bonchev–Trinajstić information content (AvgIpc) is 3.07. The molecule has 0 saturated carbocycles. The van der Waals surface area contributed by atoms with Crippen molar-refractivity contribution in [1.29, 1.82) is 0 Å². The largest absolute Gasteiger partial charge is 0.369 e. The van der Waals surface area contributed by atoms with Gasteiger partial charge in [0.1, 0.15) is 5.60 Å². The van der Waals surface area contributed by atoms with Gasteiger partial charge in [0.2, 0.25) is 5.91 Å². The third-order valence-corrected chi connectivity index (χ3v) is 5.48. The number of nitrogens with zero attached hydrogens (tertiary/aromatic N) is 5. The molecule has 8 heteroatoms. The molecule has 2 aliphatic heterocycles. The minimum atomic E-state index is -0.806. The summed E-state index contributed by atoms with van der Waals surface area (Å²) in [5.41, 5.74) is 0.0535. The summed E-state index contributed by atoms with van der Waals surface area (Å²) in [5, 5.41) is 4.18. The van der Waals surface area contributed by atoms with E-state index in [0.717, 1.165) is 25.1 Å². The zero-order valence-corrected chi connectivity index (χ0v) is 16.1. The normalized spacial score (nSPS) is 22.8. The maximum absolute atomic E-state index is 13.0. The Hall–Kier alpha value is -1.93. The van der Waals surface area contributed by atoms with Crippen molar-refractivity contribution < 1.29 is 14.3 Å². The summed E-state index contributed by atoms with van der Waals surface area (Å²) in [4.78, 5) is 31.4. The van der Waals surface area contributed by atoms with Crippen molar-refractivity contribution in [2.24, 2.45) is 7.05 Å². The second-order valence-electron chi connectivity index (χ2n) is 7.56. The number of hydrogen-bond donors (Lipinski definition) is 0. The first-order valence-electron chi connectivity index (χ1n) is 9.22. The molecule has 2 aliphatic rings. The van der Waals surface area contributed by atoms with Crippen LogP contribution in [0.25, 0.3) is 0 Å². The van der Waals surface area contributed by atoms with Crippen molar-refractivity contribution in [2.75, 3.05) is 44.7 Å². The van der Waals surface area contributed by atoms with Crippen LogP contribution in [0.4, 0.5) is 5.69 Å². The van der Waals surface area contributed by atoms with E-state index >= 15 is 0 Å². The van der Waals surface area contributed by atoms with Crippen LogP contribution in [0.15, 0.2) is 12.4 Å². The van der Waals surface area contributed by atoms with Gasteiger partial charge in [0.05, 0.1) is 17.9 Å². The van der Waals surface area contributed by atoms with E-state index in [1.165, 1.54) is 0 Å². The van der Waals surface area contributed by atoms with Crippen molar-refractivity contribution in [1.82, 2.24) is 19.6 Å². The van der Waals surface area contributed by atoms with Gasteiger partial charge < -0.3 is 14.5 Å². The maximum Gasteiger partial charge on any atom is 0.254 e. The topological polar surface area (TPSA) is 70.9 Å². The standard InChI is InChI=1S/C18H29N5O3/c1-18(2,26-4)17(25)22-10-8-21(9-11-22)15-6-5-7-23(16(15)24)14-12-19-20(3)13-14/h12-13,15H,5-11H2,1-4H3/t15-/m0/s1. The Kier molecular flexibility index (Phi) is 5.34. The highest BCUT2D eigenvalue weighted by molar-refractivity contribution is 5.97. The maximum atomic E-state index is 13.0. The third-order valence-electron chi connectivity index (χ3n) is 5.48.